The fraction of sp³-hybridized carbons (Fsp3) is 0.333. The number of carbonyl (C=O) groups is 1. The summed E-state index contributed by atoms with van der Waals surface area (Å²) in [5, 5.41) is 9.04. The number of ether oxygens (including phenoxy) is 1. The van der Waals surface area contributed by atoms with Gasteiger partial charge >= 0.3 is 5.97 Å². The smallest absolute Gasteiger partial charge is 0.358 e. The Labute approximate surface area is 117 Å². The molecule has 0 atom stereocenters. The second-order valence-electron chi connectivity index (χ2n) is 4.84. The van der Waals surface area contributed by atoms with Crippen LogP contribution in [-0.4, -0.2) is 23.2 Å². The number of methoxy groups -OCH3 is 1. The predicted octanol–water partition coefficient (Wildman–Crippen LogP) is 3.48. The summed E-state index contributed by atoms with van der Waals surface area (Å²) in [7, 11) is 1.56. The van der Waals surface area contributed by atoms with Gasteiger partial charge in [-0.1, -0.05) is 19.9 Å². The molecule has 0 radical (unpaired) electrons. The summed E-state index contributed by atoms with van der Waals surface area (Å²) in [6, 6.07) is 5.73. The summed E-state index contributed by atoms with van der Waals surface area (Å²) in [5.74, 6) is 0.391. The number of aromatic nitrogens is 1. The number of hydrogen-bond acceptors (Lipinski definition) is 4. The van der Waals surface area contributed by atoms with Crippen LogP contribution in [0.1, 0.15) is 41.6 Å². The standard InChI is InChI=1S/C15H17NO4/c1-8(2)10-5-6-12(19-4)11(7-10)14-16-13(15(17)18)9(3)20-14/h5-8H,1-4H3,(H,17,18). The van der Waals surface area contributed by atoms with Crippen LogP contribution in [0.15, 0.2) is 22.6 Å². The van der Waals surface area contributed by atoms with Crippen molar-refractivity contribution in [1.82, 2.24) is 4.98 Å². The molecule has 0 aliphatic rings. The fourth-order valence-corrected chi connectivity index (χ4v) is 1.96. The molecular formula is C15H17NO4. The van der Waals surface area contributed by atoms with Crippen LogP contribution in [0.25, 0.3) is 11.5 Å². The maximum Gasteiger partial charge on any atom is 0.358 e. The van der Waals surface area contributed by atoms with Crippen LogP contribution in [0.2, 0.25) is 0 Å². The molecular weight excluding hydrogens is 258 g/mol. The molecule has 1 aromatic heterocycles. The quantitative estimate of drug-likeness (QED) is 0.924. The molecule has 5 heteroatoms. The highest BCUT2D eigenvalue weighted by Gasteiger charge is 2.20. The van der Waals surface area contributed by atoms with Crippen LogP contribution in [0.3, 0.4) is 0 Å². The first-order chi connectivity index (χ1) is 9.43. The summed E-state index contributed by atoms with van der Waals surface area (Å²) < 4.78 is 10.8. The van der Waals surface area contributed by atoms with Crippen molar-refractivity contribution in [2.45, 2.75) is 26.7 Å². The molecule has 0 saturated carbocycles. The lowest BCUT2D eigenvalue weighted by molar-refractivity contribution is 0.0689. The molecule has 0 bridgehead atoms. The van der Waals surface area contributed by atoms with Gasteiger partial charge in [0.2, 0.25) is 5.89 Å². The minimum atomic E-state index is -1.10. The lowest BCUT2D eigenvalue weighted by Gasteiger charge is -2.10. The van der Waals surface area contributed by atoms with Crippen LogP contribution in [0, 0.1) is 6.92 Å². The van der Waals surface area contributed by atoms with E-state index in [0.717, 1.165) is 5.56 Å². The molecule has 0 unspecified atom stereocenters. The first kappa shape index (κ1) is 14.1. The van der Waals surface area contributed by atoms with E-state index < -0.39 is 5.97 Å². The van der Waals surface area contributed by atoms with Crippen molar-refractivity contribution in [3.8, 4) is 17.2 Å². The SMILES string of the molecule is COc1ccc(C(C)C)cc1-c1nc(C(=O)O)c(C)o1. The number of benzene rings is 1. The molecule has 0 aliphatic heterocycles. The number of oxazole rings is 1. The molecule has 5 nitrogen and oxygen atoms in total. The van der Waals surface area contributed by atoms with Crippen molar-refractivity contribution < 1.29 is 19.1 Å². The first-order valence-corrected chi connectivity index (χ1v) is 6.33. The second-order valence-corrected chi connectivity index (χ2v) is 4.84. The van der Waals surface area contributed by atoms with Gasteiger partial charge in [0.15, 0.2) is 5.69 Å². The van der Waals surface area contributed by atoms with E-state index in [1.165, 1.54) is 0 Å². The van der Waals surface area contributed by atoms with Crippen LogP contribution < -0.4 is 4.74 Å². The molecule has 106 valence electrons. The van der Waals surface area contributed by atoms with Crippen molar-refractivity contribution in [2.24, 2.45) is 0 Å². The summed E-state index contributed by atoms with van der Waals surface area (Å²) in [6.07, 6.45) is 0. The third-order valence-corrected chi connectivity index (χ3v) is 3.12. The Balaban J connectivity index is 2.58. The maximum atomic E-state index is 11.0. The Hall–Kier alpha value is -2.30. The van der Waals surface area contributed by atoms with Crippen molar-refractivity contribution in [3.63, 3.8) is 0 Å². The number of aryl methyl sites for hydroxylation is 1. The largest absolute Gasteiger partial charge is 0.496 e. The maximum absolute atomic E-state index is 11.0. The fourth-order valence-electron chi connectivity index (χ4n) is 1.96. The van der Waals surface area contributed by atoms with Gasteiger partial charge in [-0.3, -0.25) is 0 Å². The van der Waals surface area contributed by atoms with Crippen LogP contribution in [0.5, 0.6) is 5.75 Å². The summed E-state index contributed by atoms with van der Waals surface area (Å²) >= 11 is 0. The van der Waals surface area contributed by atoms with Gasteiger partial charge in [0.1, 0.15) is 11.5 Å². The number of aromatic carboxylic acids is 1. The second kappa shape index (κ2) is 5.36. The molecule has 20 heavy (non-hydrogen) atoms. The number of nitrogens with zero attached hydrogens (tertiary/aromatic N) is 1. The zero-order chi connectivity index (χ0) is 14.9. The highest BCUT2D eigenvalue weighted by atomic mass is 16.5. The number of carboxylic acid groups (broad SMARTS) is 1. The molecule has 1 N–H and O–H groups in total. The molecule has 2 rings (SSSR count). The molecule has 0 fully saturated rings. The molecule has 2 aromatic rings. The van der Waals surface area contributed by atoms with Crippen LogP contribution >= 0.6 is 0 Å². The number of carboxylic acids is 1. The minimum Gasteiger partial charge on any atom is -0.496 e. The minimum absolute atomic E-state index is 0.0722. The van der Waals surface area contributed by atoms with Gasteiger partial charge in [-0.05, 0) is 30.5 Å². The Morgan fingerprint density at radius 1 is 1.40 bits per heavy atom. The zero-order valence-corrected chi connectivity index (χ0v) is 11.9. The van der Waals surface area contributed by atoms with E-state index in [-0.39, 0.29) is 17.3 Å². The van der Waals surface area contributed by atoms with Gasteiger partial charge in [-0.2, -0.15) is 0 Å². The van der Waals surface area contributed by atoms with E-state index >= 15 is 0 Å². The highest BCUT2D eigenvalue weighted by Crippen LogP contribution is 2.33. The van der Waals surface area contributed by atoms with Crippen molar-refractivity contribution in [1.29, 1.82) is 0 Å². The topological polar surface area (TPSA) is 72.6 Å². The van der Waals surface area contributed by atoms with Gasteiger partial charge in [-0.15, -0.1) is 0 Å². The van der Waals surface area contributed by atoms with Gasteiger partial charge in [0.25, 0.3) is 0 Å². The molecule has 1 heterocycles. The van der Waals surface area contributed by atoms with Crippen molar-refractivity contribution >= 4 is 5.97 Å². The first-order valence-electron chi connectivity index (χ1n) is 6.33. The highest BCUT2D eigenvalue weighted by molar-refractivity contribution is 5.87. The van der Waals surface area contributed by atoms with Crippen molar-refractivity contribution in [3.05, 3.63) is 35.2 Å². The number of hydrogen-bond donors (Lipinski definition) is 1. The third kappa shape index (κ3) is 2.52. The predicted molar refractivity (Wildman–Crippen MR) is 74.3 cm³/mol. The zero-order valence-electron chi connectivity index (χ0n) is 11.9. The average molecular weight is 275 g/mol. The molecule has 0 spiro atoms. The van der Waals surface area contributed by atoms with E-state index in [1.807, 2.05) is 18.2 Å². The van der Waals surface area contributed by atoms with E-state index in [0.29, 0.717) is 17.2 Å². The van der Waals surface area contributed by atoms with E-state index in [9.17, 15) is 4.79 Å². The van der Waals surface area contributed by atoms with Gasteiger partial charge in [0, 0.05) is 0 Å². The Kier molecular flexibility index (Phi) is 3.79. The molecule has 1 aromatic carbocycles. The summed E-state index contributed by atoms with van der Waals surface area (Å²) in [6.45, 7) is 5.74. The number of rotatable bonds is 4. The Morgan fingerprint density at radius 3 is 2.60 bits per heavy atom. The molecule has 0 amide bonds. The van der Waals surface area contributed by atoms with Crippen LogP contribution in [-0.2, 0) is 0 Å². The summed E-state index contributed by atoms with van der Waals surface area (Å²) in [5.41, 5.74) is 1.69. The third-order valence-electron chi connectivity index (χ3n) is 3.12. The van der Waals surface area contributed by atoms with Crippen molar-refractivity contribution in [2.75, 3.05) is 7.11 Å². The van der Waals surface area contributed by atoms with E-state index in [1.54, 1.807) is 14.0 Å². The Morgan fingerprint density at radius 2 is 2.10 bits per heavy atom. The molecule has 0 saturated heterocycles. The lowest BCUT2D eigenvalue weighted by atomic mass is 10.0. The Bertz CT molecular complexity index is 643. The lowest BCUT2D eigenvalue weighted by Crippen LogP contribution is -1.98. The normalized spacial score (nSPS) is 10.8. The van der Waals surface area contributed by atoms with E-state index in [2.05, 4.69) is 18.8 Å². The summed E-state index contributed by atoms with van der Waals surface area (Å²) in [4.78, 5) is 15.1. The van der Waals surface area contributed by atoms with Gasteiger partial charge in [-0.25, -0.2) is 9.78 Å². The van der Waals surface area contributed by atoms with Gasteiger partial charge < -0.3 is 14.3 Å². The average Bonchev–Trinajstić information content (AvgIpc) is 2.80. The molecule has 0 aliphatic carbocycles. The monoisotopic (exact) mass is 275 g/mol. The van der Waals surface area contributed by atoms with Crippen LogP contribution in [0.4, 0.5) is 0 Å². The van der Waals surface area contributed by atoms with Gasteiger partial charge in [0.05, 0.1) is 12.7 Å². The van der Waals surface area contributed by atoms with E-state index in [4.69, 9.17) is 14.3 Å².